The third-order valence-corrected chi connectivity index (χ3v) is 3.66. The van der Waals surface area contributed by atoms with Gasteiger partial charge in [0.15, 0.2) is 0 Å². The van der Waals surface area contributed by atoms with Gasteiger partial charge in [-0.05, 0) is 44.9 Å². The Morgan fingerprint density at radius 2 is 2.25 bits per heavy atom. The molecule has 0 spiro atoms. The molecule has 0 aliphatic carbocycles. The topological polar surface area (TPSA) is 40.5 Å². The summed E-state index contributed by atoms with van der Waals surface area (Å²) in [6.07, 6.45) is 1.93. The van der Waals surface area contributed by atoms with Gasteiger partial charge in [-0.1, -0.05) is 11.8 Å². The van der Waals surface area contributed by atoms with Crippen molar-refractivity contribution in [2.45, 2.75) is 32.2 Å². The predicted molar refractivity (Wildman–Crippen MR) is 74.7 cm³/mol. The average molecular weight is 275 g/mol. The number of likely N-dealkylation sites (tertiary alicyclic amines) is 1. The van der Waals surface area contributed by atoms with Crippen LogP contribution in [0, 0.1) is 17.7 Å². The van der Waals surface area contributed by atoms with E-state index < -0.39 is 5.82 Å². The highest BCUT2D eigenvalue weighted by molar-refractivity contribution is 5.97. The van der Waals surface area contributed by atoms with Crippen molar-refractivity contribution in [2.75, 3.05) is 13.2 Å². The number of halogens is 1. The highest BCUT2D eigenvalue weighted by atomic mass is 19.1. The molecule has 2 rings (SSSR count). The molecule has 0 saturated carbocycles. The maximum atomic E-state index is 13.3. The number of aliphatic hydroxyl groups is 1. The fourth-order valence-corrected chi connectivity index (χ4v) is 2.57. The standard InChI is InChI=1S/C16H18FNO2/c1-16(2)8-4-9-18(16)15(20)14-7-6-13(17)11-12(14)5-3-10-19/h6-7,11,19H,4,8-10H2,1-2H3. The van der Waals surface area contributed by atoms with Crippen LogP contribution in [0.15, 0.2) is 18.2 Å². The lowest BCUT2D eigenvalue weighted by atomic mass is 10.00. The van der Waals surface area contributed by atoms with E-state index in [9.17, 15) is 9.18 Å². The zero-order valence-electron chi connectivity index (χ0n) is 11.7. The maximum absolute atomic E-state index is 13.3. The number of hydrogen-bond acceptors (Lipinski definition) is 2. The number of carbonyl (C=O) groups is 1. The monoisotopic (exact) mass is 275 g/mol. The molecule has 0 bridgehead atoms. The van der Waals surface area contributed by atoms with Crippen molar-refractivity contribution in [3.05, 3.63) is 35.1 Å². The summed E-state index contributed by atoms with van der Waals surface area (Å²) in [6, 6.07) is 3.97. The van der Waals surface area contributed by atoms with Gasteiger partial charge in [-0.3, -0.25) is 4.79 Å². The van der Waals surface area contributed by atoms with Gasteiger partial charge in [-0.15, -0.1) is 0 Å². The number of nitrogens with zero attached hydrogens (tertiary/aromatic N) is 1. The van der Waals surface area contributed by atoms with Gasteiger partial charge < -0.3 is 10.0 Å². The van der Waals surface area contributed by atoms with E-state index in [1.807, 2.05) is 18.7 Å². The van der Waals surface area contributed by atoms with Crippen LogP contribution >= 0.6 is 0 Å². The molecule has 1 aromatic carbocycles. The Hall–Kier alpha value is -1.86. The highest BCUT2D eigenvalue weighted by Gasteiger charge is 2.36. The van der Waals surface area contributed by atoms with Crippen LogP contribution < -0.4 is 0 Å². The van der Waals surface area contributed by atoms with Crippen molar-refractivity contribution >= 4 is 5.91 Å². The minimum Gasteiger partial charge on any atom is -0.384 e. The molecule has 1 fully saturated rings. The number of amides is 1. The lowest BCUT2D eigenvalue weighted by molar-refractivity contribution is 0.0651. The number of benzene rings is 1. The van der Waals surface area contributed by atoms with E-state index in [1.54, 1.807) is 0 Å². The molecule has 20 heavy (non-hydrogen) atoms. The number of aliphatic hydroxyl groups excluding tert-OH is 1. The summed E-state index contributed by atoms with van der Waals surface area (Å²) < 4.78 is 13.3. The number of carbonyl (C=O) groups excluding carboxylic acids is 1. The highest BCUT2D eigenvalue weighted by Crippen LogP contribution is 2.30. The molecule has 1 heterocycles. The van der Waals surface area contributed by atoms with Gasteiger partial charge in [-0.25, -0.2) is 4.39 Å². The van der Waals surface area contributed by atoms with Crippen LogP contribution in [0.2, 0.25) is 0 Å². The molecule has 1 amide bonds. The first-order valence-electron chi connectivity index (χ1n) is 6.67. The molecule has 0 radical (unpaired) electrons. The van der Waals surface area contributed by atoms with Gasteiger partial charge >= 0.3 is 0 Å². The molecule has 1 aliphatic rings. The minimum atomic E-state index is -0.440. The zero-order chi connectivity index (χ0) is 14.8. The van der Waals surface area contributed by atoms with E-state index in [2.05, 4.69) is 11.8 Å². The first kappa shape index (κ1) is 14.5. The Morgan fingerprint density at radius 1 is 1.50 bits per heavy atom. The molecular formula is C16H18FNO2. The molecule has 4 heteroatoms. The zero-order valence-corrected chi connectivity index (χ0v) is 11.7. The Labute approximate surface area is 118 Å². The van der Waals surface area contributed by atoms with E-state index in [4.69, 9.17) is 5.11 Å². The third kappa shape index (κ3) is 2.83. The molecule has 1 N–H and O–H groups in total. The van der Waals surface area contributed by atoms with Crippen molar-refractivity contribution in [1.29, 1.82) is 0 Å². The van der Waals surface area contributed by atoms with E-state index >= 15 is 0 Å². The molecule has 1 aromatic rings. The minimum absolute atomic E-state index is 0.130. The largest absolute Gasteiger partial charge is 0.384 e. The summed E-state index contributed by atoms with van der Waals surface area (Å²) in [5, 5.41) is 8.76. The fourth-order valence-electron chi connectivity index (χ4n) is 2.57. The molecule has 0 aromatic heterocycles. The lowest BCUT2D eigenvalue weighted by Gasteiger charge is -2.32. The van der Waals surface area contributed by atoms with Crippen LogP contribution in [0.3, 0.4) is 0 Å². The van der Waals surface area contributed by atoms with Gasteiger partial charge in [-0.2, -0.15) is 0 Å². The Kier molecular flexibility index (Phi) is 4.10. The van der Waals surface area contributed by atoms with Crippen molar-refractivity contribution < 1.29 is 14.3 Å². The maximum Gasteiger partial charge on any atom is 0.255 e. The second-order valence-electron chi connectivity index (χ2n) is 5.52. The van der Waals surface area contributed by atoms with Gasteiger partial charge in [0.25, 0.3) is 5.91 Å². The molecule has 106 valence electrons. The number of hydrogen-bond donors (Lipinski definition) is 1. The van der Waals surface area contributed by atoms with E-state index in [1.165, 1.54) is 18.2 Å². The Morgan fingerprint density at radius 3 is 2.85 bits per heavy atom. The quantitative estimate of drug-likeness (QED) is 0.798. The Balaban J connectivity index is 2.39. The summed E-state index contributed by atoms with van der Waals surface area (Å²) in [4.78, 5) is 14.4. The molecule has 1 aliphatic heterocycles. The molecule has 0 atom stereocenters. The second kappa shape index (κ2) is 5.64. The summed E-state index contributed by atoms with van der Waals surface area (Å²) in [6.45, 7) is 4.44. The van der Waals surface area contributed by atoms with E-state index in [0.29, 0.717) is 17.7 Å². The van der Waals surface area contributed by atoms with Crippen molar-refractivity contribution in [2.24, 2.45) is 0 Å². The number of rotatable bonds is 1. The van der Waals surface area contributed by atoms with Crippen LogP contribution in [0.4, 0.5) is 4.39 Å². The predicted octanol–water partition coefficient (Wildman–Crippen LogP) is 2.18. The third-order valence-electron chi connectivity index (χ3n) is 3.66. The van der Waals surface area contributed by atoms with Gasteiger partial charge in [0.05, 0.1) is 5.56 Å². The average Bonchev–Trinajstić information content (AvgIpc) is 2.75. The summed E-state index contributed by atoms with van der Waals surface area (Å²) in [5.74, 6) is 4.54. The molecule has 3 nitrogen and oxygen atoms in total. The Bertz CT molecular complexity index is 584. The fraction of sp³-hybridized carbons (Fsp3) is 0.438. The van der Waals surface area contributed by atoms with Crippen molar-refractivity contribution in [3.63, 3.8) is 0 Å². The van der Waals surface area contributed by atoms with Crippen molar-refractivity contribution in [3.8, 4) is 11.8 Å². The van der Waals surface area contributed by atoms with Gasteiger partial charge in [0.2, 0.25) is 0 Å². The first-order valence-corrected chi connectivity index (χ1v) is 6.67. The SMILES string of the molecule is CC1(C)CCCN1C(=O)c1ccc(F)cc1C#CCO. The van der Waals surface area contributed by atoms with Crippen LogP contribution in [-0.4, -0.2) is 34.6 Å². The summed E-state index contributed by atoms with van der Waals surface area (Å²) in [7, 11) is 0. The van der Waals surface area contributed by atoms with Crippen LogP contribution in [0.1, 0.15) is 42.6 Å². The first-order chi connectivity index (χ1) is 9.45. The van der Waals surface area contributed by atoms with Gasteiger partial charge in [0, 0.05) is 17.6 Å². The smallest absolute Gasteiger partial charge is 0.255 e. The lowest BCUT2D eigenvalue weighted by Crippen LogP contribution is -2.42. The molecular weight excluding hydrogens is 257 g/mol. The van der Waals surface area contributed by atoms with E-state index in [0.717, 1.165) is 12.8 Å². The second-order valence-corrected chi connectivity index (χ2v) is 5.52. The molecule has 0 unspecified atom stereocenters. The normalized spacial score (nSPS) is 16.7. The van der Waals surface area contributed by atoms with Crippen molar-refractivity contribution in [1.82, 2.24) is 4.90 Å². The molecule has 1 saturated heterocycles. The van der Waals surface area contributed by atoms with Crippen LogP contribution in [0.5, 0.6) is 0 Å². The van der Waals surface area contributed by atoms with Crippen LogP contribution in [0.25, 0.3) is 0 Å². The van der Waals surface area contributed by atoms with E-state index in [-0.39, 0.29) is 18.1 Å². The summed E-state index contributed by atoms with van der Waals surface area (Å²) in [5.41, 5.74) is 0.529. The van der Waals surface area contributed by atoms with Gasteiger partial charge in [0.1, 0.15) is 12.4 Å². The van der Waals surface area contributed by atoms with Crippen LogP contribution in [-0.2, 0) is 0 Å². The summed E-state index contributed by atoms with van der Waals surface area (Å²) >= 11 is 0.